The lowest BCUT2D eigenvalue weighted by atomic mass is 10.1. The van der Waals surface area contributed by atoms with Crippen LogP contribution in [0.1, 0.15) is 22.3 Å². The molecular weight excluding hydrogens is 585 g/mol. The van der Waals surface area contributed by atoms with Crippen LogP contribution in [0.4, 0.5) is 0 Å². The van der Waals surface area contributed by atoms with Crippen LogP contribution in [0.15, 0.2) is 75.8 Å². The van der Waals surface area contributed by atoms with E-state index in [0.29, 0.717) is 24.0 Å². The van der Waals surface area contributed by atoms with Gasteiger partial charge in [0.15, 0.2) is 17.2 Å². The van der Waals surface area contributed by atoms with Crippen molar-refractivity contribution in [1.29, 1.82) is 0 Å². The zero-order valence-corrected chi connectivity index (χ0v) is 21.1. The third-order valence-electron chi connectivity index (χ3n) is 4.77. The average molecular weight is 604 g/mol. The third-order valence-corrected chi connectivity index (χ3v) is 6.10. The third kappa shape index (κ3) is 5.21. The first kappa shape index (κ1) is 22.5. The molecule has 5 nitrogen and oxygen atoms in total. The zero-order chi connectivity index (χ0) is 22.7. The van der Waals surface area contributed by atoms with Gasteiger partial charge in [-0.05, 0) is 83.1 Å². The predicted octanol–water partition coefficient (Wildman–Crippen LogP) is 6.29. The highest BCUT2D eigenvalue weighted by atomic mass is 127. The normalized spacial score (nSPS) is 14.3. The molecule has 3 aromatic carbocycles. The number of aliphatic imine (C=N–C) groups is 1. The van der Waals surface area contributed by atoms with E-state index < -0.39 is 5.97 Å². The molecule has 0 amide bonds. The number of aryl methyl sites for hydroxylation is 1. The Morgan fingerprint density at radius 3 is 2.50 bits per heavy atom. The number of carbonyl (C=O) groups excluding carboxylic acids is 1. The van der Waals surface area contributed by atoms with Crippen molar-refractivity contribution < 1.29 is 19.0 Å². The van der Waals surface area contributed by atoms with Crippen molar-refractivity contribution in [2.75, 3.05) is 7.11 Å². The Hall–Kier alpha value is -2.65. The van der Waals surface area contributed by atoms with Gasteiger partial charge in [0.2, 0.25) is 5.90 Å². The summed E-state index contributed by atoms with van der Waals surface area (Å²) in [7, 11) is 1.59. The Morgan fingerprint density at radius 2 is 1.81 bits per heavy atom. The molecular formula is C25H19BrINO4. The Morgan fingerprint density at radius 1 is 1.09 bits per heavy atom. The van der Waals surface area contributed by atoms with Crippen LogP contribution >= 0.6 is 38.5 Å². The van der Waals surface area contributed by atoms with E-state index in [4.69, 9.17) is 14.2 Å². The molecule has 0 bridgehead atoms. The lowest BCUT2D eigenvalue weighted by molar-refractivity contribution is -0.129. The van der Waals surface area contributed by atoms with Gasteiger partial charge in [-0.15, -0.1) is 0 Å². The van der Waals surface area contributed by atoms with Gasteiger partial charge in [0.1, 0.15) is 6.61 Å². The second-order valence-electron chi connectivity index (χ2n) is 7.15. The molecule has 0 saturated carbocycles. The molecule has 0 aliphatic carbocycles. The van der Waals surface area contributed by atoms with E-state index in [1.54, 1.807) is 13.2 Å². The molecule has 162 valence electrons. The summed E-state index contributed by atoms with van der Waals surface area (Å²) in [5.41, 5.74) is 3.93. The minimum absolute atomic E-state index is 0.238. The molecule has 0 fully saturated rings. The fourth-order valence-corrected chi connectivity index (χ4v) is 4.13. The fraction of sp³-hybridized carbons (Fsp3) is 0.120. The molecule has 4 rings (SSSR count). The molecule has 0 atom stereocenters. The number of nitrogens with zero attached hydrogens (tertiary/aromatic N) is 1. The number of carbonyl (C=O) groups is 1. The van der Waals surface area contributed by atoms with E-state index in [-0.39, 0.29) is 5.70 Å². The lowest BCUT2D eigenvalue weighted by Gasteiger charge is -2.14. The van der Waals surface area contributed by atoms with Crippen molar-refractivity contribution in [3.63, 3.8) is 0 Å². The number of ether oxygens (including phenoxy) is 3. The van der Waals surface area contributed by atoms with Gasteiger partial charge in [-0.2, -0.15) is 0 Å². The summed E-state index contributed by atoms with van der Waals surface area (Å²) in [4.78, 5) is 16.7. The maximum atomic E-state index is 12.4. The van der Waals surface area contributed by atoms with E-state index in [1.807, 2.05) is 67.6 Å². The van der Waals surface area contributed by atoms with E-state index in [1.165, 1.54) is 0 Å². The van der Waals surface area contributed by atoms with Crippen LogP contribution in [-0.2, 0) is 16.1 Å². The molecule has 0 saturated heterocycles. The van der Waals surface area contributed by atoms with Crippen molar-refractivity contribution >= 4 is 56.5 Å². The first-order chi connectivity index (χ1) is 15.4. The average Bonchev–Trinajstić information content (AvgIpc) is 3.14. The van der Waals surface area contributed by atoms with Gasteiger partial charge in [-0.1, -0.05) is 45.8 Å². The van der Waals surface area contributed by atoms with Crippen molar-refractivity contribution in [2.45, 2.75) is 13.5 Å². The van der Waals surface area contributed by atoms with Crippen molar-refractivity contribution in [1.82, 2.24) is 0 Å². The van der Waals surface area contributed by atoms with Gasteiger partial charge in [0.25, 0.3) is 0 Å². The van der Waals surface area contributed by atoms with Crippen LogP contribution in [0.2, 0.25) is 0 Å². The maximum absolute atomic E-state index is 12.4. The molecule has 3 aromatic rings. The molecule has 0 aromatic heterocycles. The van der Waals surface area contributed by atoms with Crippen molar-refractivity contribution in [3.05, 3.63) is 96.7 Å². The molecule has 0 unspecified atom stereocenters. The zero-order valence-electron chi connectivity index (χ0n) is 17.4. The minimum atomic E-state index is -0.481. The van der Waals surface area contributed by atoms with E-state index in [9.17, 15) is 4.79 Å². The summed E-state index contributed by atoms with van der Waals surface area (Å²) in [6.07, 6.45) is 1.69. The quantitative estimate of drug-likeness (QED) is 0.189. The Labute approximate surface area is 208 Å². The first-order valence-corrected chi connectivity index (χ1v) is 11.6. The number of rotatable bonds is 6. The van der Waals surface area contributed by atoms with Crippen LogP contribution in [-0.4, -0.2) is 19.0 Å². The van der Waals surface area contributed by atoms with Crippen LogP contribution in [0, 0.1) is 10.5 Å². The van der Waals surface area contributed by atoms with Crippen molar-refractivity contribution in [2.24, 2.45) is 4.99 Å². The molecule has 0 spiro atoms. The van der Waals surface area contributed by atoms with E-state index in [0.717, 1.165) is 30.3 Å². The Kier molecular flexibility index (Phi) is 6.95. The summed E-state index contributed by atoms with van der Waals surface area (Å²) in [6.45, 7) is 2.41. The minimum Gasteiger partial charge on any atom is -0.493 e. The Balaban J connectivity index is 1.58. The standard InChI is InChI=1S/C25H19BrINO4/c1-15-3-7-18(8-4-15)24-28-21(25(29)32-24)12-17-11-20(27)23(22(13-17)30-2)31-14-16-5-9-19(26)10-6-16/h3-13H,14H2,1-2H3/b21-12-. The number of hydrogen-bond acceptors (Lipinski definition) is 5. The number of benzene rings is 3. The smallest absolute Gasteiger partial charge is 0.363 e. The number of halogens is 2. The largest absolute Gasteiger partial charge is 0.493 e. The monoisotopic (exact) mass is 603 g/mol. The predicted molar refractivity (Wildman–Crippen MR) is 136 cm³/mol. The first-order valence-electron chi connectivity index (χ1n) is 9.77. The van der Waals surface area contributed by atoms with Gasteiger partial charge in [0.05, 0.1) is 10.7 Å². The maximum Gasteiger partial charge on any atom is 0.363 e. The van der Waals surface area contributed by atoms with Crippen molar-refractivity contribution in [3.8, 4) is 11.5 Å². The van der Waals surface area contributed by atoms with Gasteiger partial charge < -0.3 is 14.2 Å². The van der Waals surface area contributed by atoms with Crippen LogP contribution in [0.25, 0.3) is 6.08 Å². The van der Waals surface area contributed by atoms with Gasteiger partial charge in [0, 0.05) is 10.0 Å². The highest BCUT2D eigenvalue weighted by Crippen LogP contribution is 2.35. The molecule has 0 N–H and O–H groups in total. The molecule has 1 aliphatic rings. The second kappa shape index (κ2) is 9.87. The highest BCUT2D eigenvalue weighted by Gasteiger charge is 2.24. The number of cyclic esters (lactones) is 1. The molecule has 1 heterocycles. The van der Waals surface area contributed by atoms with E-state index >= 15 is 0 Å². The number of hydrogen-bond donors (Lipinski definition) is 0. The molecule has 32 heavy (non-hydrogen) atoms. The summed E-state index contributed by atoms with van der Waals surface area (Å²) < 4.78 is 18.8. The van der Waals surface area contributed by atoms with Gasteiger partial charge in [-0.25, -0.2) is 9.79 Å². The summed E-state index contributed by atoms with van der Waals surface area (Å²) in [6, 6.07) is 19.3. The van der Waals surface area contributed by atoms with Gasteiger partial charge in [-0.3, -0.25) is 0 Å². The van der Waals surface area contributed by atoms with Crippen LogP contribution < -0.4 is 9.47 Å². The summed E-state index contributed by atoms with van der Waals surface area (Å²) in [5.74, 6) is 1.05. The van der Waals surface area contributed by atoms with Crippen LogP contribution in [0.3, 0.4) is 0 Å². The SMILES string of the molecule is COc1cc(/C=C2\N=C(c3ccc(C)cc3)OC2=O)cc(I)c1OCc1ccc(Br)cc1. The topological polar surface area (TPSA) is 57.1 Å². The second-order valence-corrected chi connectivity index (χ2v) is 9.23. The van der Waals surface area contributed by atoms with Crippen LogP contribution in [0.5, 0.6) is 11.5 Å². The summed E-state index contributed by atoms with van der Waals surface area (Å²) in [5, 5.41) is 0. The molecule has 7 heteroatoms. The molecule has 0 radical (unpaired) electrons. The lowest BCUT2D eigenvalue weighted by Crippen LogP contribution is -2.05. The fourth-order valence-electron chi connectivity index (χ4n) is 3.09. The van der Waals surface area contributed by atoms with E-state index in [2.05, 4.69) is 43.5 Å². The number of methoxy groups -OCH3 is 1. The molecule has 1 aliphatic heterocycles. The number of esters is 1. The highest BCUT2D eigenvalue weighted by molar-refractivity contribution is 14.1. The Bertz CT molecular complexity index is 1220. The van der Waals surface area contributed by atoms with Gasteiger partial charge >= 0.3 is 5.97 Å². The summed E-state index contributed by atoms with van der Waals surface area (Å²) >= 11 is 5.63.